The maximum absolute atomic E-state index is 12.5. The highest BCUT2D eigenvalue weighted by atomic mass is 19.4. The molecule has 0 saturated carbocycles. The van der Waals surface area contributed by atoms with Gasteiger partial charge in [0.1, 0.15) is 0 Å². The van der Waals surface area contributed by atoms with Crippen LogP contribution in [-0.2, 0) is 6.54 Å². The van der Waals surface area contributed by atoms with E-state index in [1.807, 2.05) is 30.3 Å². The van der Waals surface area contributed by atoms with Crippen LogP contribution in [0.25, 0.3) is 11.5 Å². The summed E-state index contributed by atoms with van der Waals surface area (Å²) >= 11 is 0. The van der Waals surface area contributed by atoms with Crippen LogP contribution < -0.4 is 0 Å². The normalized spacial score (nSPS) is 18.3. The number of nitrogens with zero attached hydrogens (tertiary/aromatic N) is 6. The van der Waals surface area contributed by atoms with E-state index in [2.05, 4.69) is 20.5 Å². The fourth-order valence-corrected chi connectivity index (χ4v) is 3.19. The van der Waals surface area contributed by atoms with Crippen molar-refractivity contribution in [2.24, 2.45) is 0 Å². The Kier molecular flexibility index (Phi) is 4.65. The molecular weight excluding hydrogens is 361 g/mol. The molecule has 0 spiro atoms. The summed E-state index contributed by atoms with van der Waals surface area (Å²) in [5.74, 6) is 0.429. The van der Waals surface area contributed by atoms with Gasteiger partial charge in [-0.15, -0.1) is 5.10 Å². The molecule has 0 aliphatic carbocycles. The monoisotopic (exact) mass is 378 g/mol. The standard InChI is InChI=1S/C17H17F3N6O/c18-17(19,20)11-25-7-6-13(9-25)16-21-15(23-27-16)14-10-26(24-22-14)8-12-4-2-1-3-5-12/h1-5,10,13H,6-9,11H2. The van der Waals surface area contributed by atoms with E-state index in [0.717, 1.165) is 5.56 Å². The van der Waals surface area contributed by atoms with Crippen LogP contribution in [0.3, 0.4) is 0 Å². The molecule has 0 N–H and O–H groups in total. The van der Waals surface area contributed by atoms with Crippen molar-refractivity contribution in [2.75, 3.05) is 19.6 Å². The molecule has 4 rings (SSSR count). The van der Waals surface area contributed by atoms with E-state index in [0.29, 0.717) is 36.9 Å². The topological polar surface area (TPSA) is 72.9 Å². The molecule has 10 heteroatoms. The first-order valence-electron chi connectivity index (χ1n) is 8.53. The molecule has 7 nitrogen and oxygen atoms in total. The van der Waals surface area contributed by atoms with Crippen molar-refractivity contribution < 1.29 is 17.7 Å². The van der Waals surface area contributed by atoms with Gasteiger partial charge >= 0.3 is 6.18 Å². The molecule has 27 heavy (non-hydrogen) atoms. The van der Waals surface area contributed by atoms with Gasteiger partial charge in [-0.1, -0.05) is 40.7 Å². The zero-order valence-electron chi connectivity index (χ0n) is 14.3. The van der Waals surface area contributed by atoms with Gasteiger partial charge in [-0.2, -0.15) is 18.2 Å². The molecule has 1 saturated heterocycles. The summed E-state index contributed by atoms with van der Waals surface area (Å²) in [5.41, 5.74) is 1.55. The molecule has 142 valence electrons. The molecule has 0 amide bonds. The van der Waals surface area contributed by atoms with Crippen LogP contribution in [0.2, 0.25) is 0 Å². The molecule has 3 heterocycles. The molecular formula is C17H17F3N6O. The first-order valence-corrected chi connectivity index (χ1v) is 8.53. The van der Waals surface area contributed by atoms with E-state index in [9.17, 15) is 13.2 Å². The quantitative estimate of drug-likeness (QED) is 0.680. The van der Waals surface area contributed by atoms with E-state index < -0.39 is 12.7 Å². The Balaban J connectivity index is 1.41. The van der Waals surface area contributed by atoms with Crippen molar-refractivity contribution in [3.8, 4) is 11.5 Å². The fraction of sp³-hybridized carbons (Fsp3) is 0.412. The molecule has 0 radical (unpaired) electrons. The van der Waals surface area contributed by atoms with Crippen molar-refractivity contribution in [1.82, 2.24) is 30.0 Å². The van der Waals surface area contributed by atoms with Crippen LogP contribution in [0, 0.1) is 0 Å². The second-order valence-corrected chi connectivity index (χ2v) is 6.58. The van der Waals surface area contributed by atoms with Gasteiger partial charge in [-0.3, -0.25) is 4.90 Å². The summed E-state index contributed by atoms with van der Waals surface area (Å²) in [7, 11) is 0. The van der Waals surface area contributed by atoms with Crippen molar-refractivity contribution in [1.29, 1.82) is 0 Å². The van der Waals surface area contributed by atoms with Gasteiger partial charge in [-0.25, -0.2) is 4.68 Å². The summed E-state index contributed by atoms with van der Waals surface area (Å²) < 4.78 is 44.5. The van der Waals surface area contributed by atoms with Gasteiger partial charge in [0, 0.05) is 6.54 Å². The van der Waals surface area contributed by atoms with Gasteiger partial charge in [-0.05, 0) is 18.5 Å². The first kappa shape index (κ1) is 17.7. The van der Waals surface area contributed by atoms with Crippen LogP contribution in [0.1, 0.15) is 23.8 Å². The number of hydrogen-bond donors (Lipinski definition) is 0. The Morgan fingerprint density at radius 2 is 2.00 bits per heavy atom. The van der Waals surface area contributed by atoms with E-state index in [1.165, 1.54) is 4.90 Å². The Bertz CT molecular complexity index is 891. The Labute approximate surface area is 152 Å². The molecule has 2 aromatic heterocycles. The van der Waals surface area contributed by atoms with E-state index in [4.69, 9.17) is 4.52 Å². The minimum absolute atomic E-state index is 0.201. The molecule has 1 atom stereocenters. The number of likely N-dealkylation sites (tertiary alicyclic amines) is 1. The Hall–Kier alpha value is -2.75. The summed E-state index contributed by atoms with van der Waals surface area (Å²) in [5, 5.41) is 12.0. The lowest BCUT2D eigenvalue weighted by molar-refractivity contribution is -0.143. The highest BCUT2D eigenvalue weighted by Crippen LogP contribution is 2.29. The van der Waals surface area contributed by atoms with E-state index in [-0.39, 0.29) is 12.5 Å². The number of aromatic nitrogens is 5. The molecule has 1 aromatic carbocycles. The molecule has 3 aromatic rings. The average molecular weight is 378 g/mol. The zero-order chi connectivity index (χ0) is 18.9. The maximum Gasteiger partial charge on any atom is 0.401 e. The van der Waals surface area contributed by atoms with Crippen molar-refractivity contribution >= 4 is 0 Å². The fourth-order valence-electron chi connectivity index (χ4n) is 3.19. The van der Waals surface area contributed by atoms with Gasteiger partial charge in [0.05, 0.1) is 25.2 Å². The smallest absolute Gasteiger partial charge is 0.339 e. The average Bonchev–Trinajstić information content (AvgIpc) is 3.34. The van der Waals surface area contributed by atoms with Crippen LogP contribution in [-0.4, -0.2) is 55.8 Å². The van der Waals surface area contributed by atoms with Crippen LogP contribution in [0.5, 0.6) is 0 Å². The van der Waals surface area contributed by atoms with Crippen molar-refractivity contribution in [3.05, 3.63) is 48.0 Å². The molecule has 1 aliphatic heterocycles. The lowest BCUT2D eigenvalue weighted by atomic mass is 10.1. The third-order valence-electron chi connectivity index (χ3n) is 4.42. The number of benzene rings is 1. The van der Waals surface area contributed by atoms with E-state index >= 15 is 0 Å². The largest absolute Gasteiger partial charge is 0.401 e. The summed E-state index contributed by atoms with van der Waals surface area (Å²) in [6.07, 6.45) is -1.93. The molecule has 1 fully saturated rings. The lowest BCUT2D eigenvalue weighted by Gasteiger charge is -2.16. The van der Waals surface area contributed by atoms with Crippen LogP contribution in [0.15, 0.2) is 41.1 Å². The molecule has 1 aliphatic rings. The summed E-state index contributed by atoms with van der Waals surface area (Å²) in [6.45, 7) is 0.253. The van der Waals surface area contributed by atoms with Crippen molar-refractivity contribution in [3.63, 3.8) is 0 Å². The minimum atomic E-state index is -4.20. The Morgan fingerprint density at radius 1 is 1.19 bits per heavy atom. The second kappa shape index (κ2) is 7.10. The lowest BCUT2D eigenvalue weighted by Crippen LogP contribution is -2.32. The minimum Gasteiger partial charge on any atom is -0.339 e. The van der Waals surface area contributed by atoms with E-state index in [1.54, 1.807) is 10.9 Å². The predicted molar refractivity (Wildman–Crippen MR) is 88.7 cm³/mol. The first-order chi connectivity index (χ1) is 13.0. The summed E-state index contributed by atoms with van der Waals surface area (Å²) in [6, 6.07) is 9.81. The van der Waals surface area contributed by atoms with Gasteiger partial charge in [0.25, 0.3) is 0 Å². The van der Waals surface area contributed by atoms with Gasteiger partial charge < -0.3 is 4.52 Å². The second-order valence-electron chi connectivity index (χ2n) is 6.58. The van der Waals surface area contributed by atoms with Gasteiger partial charge in [0.15, 0.2) is 5.69 Å². The van der Waals surface area contributed by atoms with Gasteiger partial charge in [0.2, 0.25) is 11.7 Å². The maximum atomic E-state index is 12.5. The highest BCUT2D eigenvalue weighted by Gasteiger charge is 2.36. The summed E-state index contributed by atoms with van der Waals surface area (Å²) in [4.78, 5) is 5.66. The number of hydrogen-bond acceptors (Lipinski definition) is 6. The third-order valence-corrected chi connectivity index (χ3v) is 4.42. The number of rotatable bonds is 5. The highest BCUT2D eigenvalue weighted by molar-refractivity contribution is 5.45. The molecule has 0 bridgehead atoms. The van der Waals surface area contributed by atoms with Crippen LogP contribution >= 0.6 is 0 Å². The third kappa shape index (κ3) is 4.33. The Morgan fingerprint density at radius 3 is 2.78 bits per heavy atom. The zero-order valence-corrected chi connectivity index (χ0v) is 14.3. The predicted octanol–water partition coefficient (Wildman–Crippen LogP) is 2.73. The van der Waals surface area contributed by atoms with Crippen LogP contribution in [0.4, 0.5) is 13.2 Å². The number of halogens is 3. The molecule has 1 unspecified atom stereocenters. The number of alkyl halides is 3. The van der Waals surface area contributed by atoms with Crippen molar-refractivity contribution in [2.45, 2.75) is 25.1 Å². The SMILES string of the molecule is FC(F)(F)CN1CCC(c2nc(-c3cn(Cc4ccccc4)nn3)no2)C1.